The number of hydrogen-bond donors (Lipinski definition) is 2. The van der Waals surface area contributed by atoms with E-state index in [0.717, 1.165) is 5.56 Å². The highest BCUT2D eigenvalue weighted by Crippen LogP contribution is 2.28. The summed E-state index contributed by atoms with van der Waals surface area (Å²) in [6.45, 7) is 7.36. The molecule has 2 amide bonds. The second-order valence-corrected chi connectivity index (χ2v) is 6.55. The van der Waals surface area contributed by atoms with Crippen molar-refractivity contribution in [2.45, 2.75) is 39.9 Å². The van der Waals surface area contributed by atoms with Crippen molar-refractivity contribution in [3.63, 3.8) is 0 Å². The zero-order valence-corrected chi connectivity index (χ0v) is 16.7. The molecule has 0 radical (unpaired) electrons. The highest BCUT2D eigenvalue weighted by molar-refractivity contribution is 5.96. The van der Waals surface area contributed by atoms with Crippen molar-refractivity contribution < 1.29 is 23.8 Å². The van der Waals surface area contributed by atoms with E-state index in [-0.39, 0.29) is 6.10 Å². The molecule has 0 saturated heterocycles. The normalized spacial score (nSPS) is 11.5. The monoisotopic (exact) mass is 386 g/mol. The minimum Gasteiger partial charge on any atom is -0.493 e. The summed E-state index contributed by atoms with van der Waals surface area (Å²) >= 11 is 0. The van der Waals surface area contributed by atoms with E-state index in [4.69, 9.17) is 14.2 Å². The quantitative estimate of drug-likeness (QED) is 0.715. The number of hydrogen-bond acceptors (Lipinski definition) is 5. The van der Waals surface area contributed by atoms with Gasteiger partial charge in [-0.05, 0) is 58.0 Å². The molecule has 2 N–H and O–H groups in total. The summed E-state index contributed by atoms with van der Waals surface area (Å²) in [7, 11) is 1.50. The average Bonchev–Trinajstić information content (AvgIpc) is 2.67. The molecule has 0 fully saturated rings. The summed E-state index contributed by atoms with van der Waals surface area (Å²) in [5.74, 6) is 0.595. The van der Waals surface area contributed by atoms with Crippen LogP contribution >= 0.6 is 0 Å². The Morgan fingerprint density at radius 3 is 2.18 bits per heavy atom. The maximum atomic E-state index is 12.3. The summed E-state index contributed by atoms with van der Waals surface area (Å²) in [5, 5.41) is 0. The first-order chi connectivity index (χ1) is 13.3. The Balaban J connectivity index is 1.93. The number of nitrogens with one attached hydrogen (secondary N) is 2. The number of carbonyl (C=O) groups is 2. The van der Waals surface area contributed by atoms with Crippen LogP contribution < -0.4 is 25.1 Å². The van der Waals surface area contributed by atoms with Crippen molar-refractivity contribution >= 4 is 11.8 Å². The molecule has 0 bridgehead atoms. The van der Waals surface area contributed by atoms with Crippen molar-refractivity contribution in [1.29, 1.82) is 0 Å². The fourth-order valence-electron chi connectivity index (χ4n) is 2.33. The van der Waals surface area contributed by atoms with Gasteiger partial charge in [-0.3, -0.25) is 20.4 Å². The van der Waals surface area contributed by atoms with Crippen LogP contribution in [0.25, 0.3) is 0 Å². The molecule has 0 spiro atoms. The van der Waals surface area contributed by atoms with E-state index in [2.05, 4.69) is 10.9 Å². The molecule has 2 aromatic carbocycles. The van der Waals surface area contributed by atoms with Gasteiger partial charge >= 0.3 is 0 Å². The molecule has 0 aliphatic carbocycles. The lowest BCUT2D eigenvalue weighted by molar-refractivity contribution is -0.128. The molecule has 2 aromatic rings. The molecule has 0 aliphatic heterocycles. The molecule has 0 aromatic heterocycles. The Morgan fingerprint density at radius 2 is 1.57 bits per heavy atom. The fourth-order valence-corrected chi connectivity index (χ4v) is 2.33. The first-order valence-electron chi connectivity index (χ1n) is 8.98. The van der Waals surface area contributed by atoms with Crippen LogP contribution in [0.5, 0.6) is 17.2 Å². The van der Waals surface area contributed by atoms with Gasteiger partial charge in [-0.2, -0.15) is 0 Å². The highest BCUT2D eigenvalue weighted by Gasteiger charge is 2.17. The van der Waals surface area contributed by atoms with Gasteiger partial charge < -0.3 is 14.2 Å². The molecule has 2 rings (SSSR count). The van der Waals surface area contributed by atoms with Crippen LogP contribution in [0.1, 0.15) is 36.7 Å². The minimum absolute atomic E-state index is 0.0251. The predicted molar refractivity (Wildman–Crippen MR) is 106 cm³/mol. The topological polar surface area (TPSA) is 85.9 Å². The van der Waals surface area contributed by atoms with E-state index < -0.39 is 17.9 Å². The number of hydrazine groups is 1. The molecule has 1 atom stereocenters. The van der Waals surface area contributed by atoms with Crippen LogP contribution in [-0.2, 0) is 4.79 Å². The largest absolute Gasteiger partial charge is 0.493 e. The van der Waals surface area contributed by atoms with Crippen LogP contribution in [0.4, 0.5) is 0 Å². The van der Waals surface area contributed by atoms with Gasteiger partial charge in [0.05, 0.1) is 13.2 Å². The number of ether oxygens (including phenoxy) is 3. The first kappa shape index (κ1) is 21.1. The van der Waals surface area contributed by atoms with E-state index in [1.807, 2.05) is 32.9 Å². The third kappa shape index (κ3) is 5.90. The zero-order valence-electron chi connectivity index (χ0n) is 16.7. The van der Waals surface area contributed by atoms with Crippen LogP contribution in [0.3, 0.4) is 0 Å². The molecule has 0 aliphatic rings. The lowest BCUT2D eigenvalue weighted by Gasteiger charge is -2.16. The standard InChI is InChI=1S/C21H26N2O5/c1-13(2)27-18-11-8-16(12-19(18)26-5)21(25)23-22-20(24)15(4)28-17-9-6-14(3)7-10-17/h6-13,15H,1-5H3,(H,22,24)(H,23,25). The van der Waals surface area contributed by atoms with E-state index in [1.54, 1.807) is 37.3 Å². The molecule has 1 unspecified atom stereocenters. The van der Waals surface area contributed by atoms with Gasteiger partial charge in [0.25, 0.3) is 11.8 Å². The molecule has 28 heavy (non-hydrogen) atoms. The highest BCUT2D eigenvalue weighted by atomic mass is 16.5. The Hall–Kier alpha value is -3.22. The van der Waals surface area contributed by atoms with Crippen molar-refractivity contribution in [2.75, 3.05) is 7.11 Å². The van der Waals surface area contributed by atoms with Crippen molar-refractivity contribution in [1.82, 2.24) is 10.9 Å². The average molecular weight is 386 g/mol. The van der Waals surface area contributed by atoms with E-state index in [1.165, 1.54) is 7.11 Å². The Kier molecular flexibility index (Phi) is 7.26. The number of carbonyl (C=O) groups excluding carboxylic acids is 2. The fraction of sp³-hybridized carbons (Fsp3) is 0.333. The number of benzene rings is 2. The maximum absolute atomic E-state index is 12.3. The third-order valence-corrected chi connectivity index (χ3v) is 3.79. The van der Waals surface area contributed by atoms with E-state index >= 15 is 0 Å². The molecule has 7 nitrogen and oxygen atoms in total. The van der Waals surface area contributed by atoms with Crippen LogP contribution in [0.15, 0.2) is 42.5 Å². The van der Waals surface area contributed by atoms with Gasteiger partial charge in [-0.1, -0.05) is 17.7 Å². The van der Waals surface area contributed by atoms with Gasteiger partial charge in [0.15, 0.2) is 17.6 Å². The van der Waals surface area contributed by atoms with Gasteiger partial charge in [0.2, 0.25) is 0 Å². The summed E-state index contributed by atoms with van der Waals surface area (Å²) in [6.07, 6.45) is -0.803. The molecule has 150 valence electrons. The minimum atomic E-state index is -0.778. The van der Waals surface area contributed by atoms with Crippen LogP contribution in [0.2, 0.25) is 0 Å². The first-order valence-corrected chi connectivity index (χ1v) is 8.98. The molecular formula is C21H26N2O5. The van der Waals surface area contributed by atoms with Crippen LogP contribution in [-0.4, -0.2) is 31.1 Å². The molecule has 7 heteroatoms. The molecule has 0 saturated carbocycles. The second kappa shape index (κ2) is 9.64. The van der Waals surface area contributed by atoms with Gasteiger partial charge in [-0.15, -0.1) is 0 Å². The SMILES string of the molecule is COc1cc(C(=O)NNC(=O)C(C)Oc2ccc(C)cc2)ccc1OC(C)C. The van der Waals surface area contributed by atoms with E-state index in [0.29, 0.717) is 22.8 Å². The van der Waals surface area contributed by atoms with Gasteiger partial charge in [0.1, 0.15) is 5.75 Å². The number of aryl methyl sites for hydroxylation is 1. The third-order valence-electron chi connectivity index (χ3n) is 3.79. The second-order valence-electron chi connectivity index (χ2n) is 6.55. The predicted octanol–water partition coefficient (Wildman–Crippen LogP) is 3.02. The lowest BCUT2D eigenvalue weighted by atomic mass is 10.2. The Morgan fingerprint density at radius 1 is 0.893 bits per heavy atom. The van der Waals surface area contributed by atoms with Crippen molar-refractivity contribution in [3.05, 3.63) is 53.6 Å². The lowest BCUT2D eigenvalue weighted by Crippen LogP contribution is -2.47. The number of amides is 2. The van der Waals surface area contributed by atoms with Crippen molar-refractivity contribution in [3.8, 4) is 17.2 Å². The summed E-state index contributed by atoms with van der Waals surface area (Å²) < 4.78 is 16.4. The Bertz CT molecular complexity index is 818. The summed E-state index contributed by atoms with van der Waals surface area (Å²) in [4.78, 5) is 24.5. The van der Waals surface area contributed by atoms with Gasteiger partial charge in [-0.25, -0.2) is 0 Å². The van der Waals surface area contributed by atoms with Crippen LogP contribution in [0, 0.1) is 6.92 Å². The van der Waals surface area contributed by atoms with Gasteiger partial charge in [0, 0.05) is 5.56 Å². The molecule has 0 heterocycles. The Labute approximate surface area is 165 Å². The summed E-state index contributed by atoms with van der Waals surface area (Å²) in [6, 6.07) is 12.1. The zero-order chi connectivity index (χ0) is 20.7. The molecular weight excluding hydrogens is 360 g/mol. The number of methoxy groups -OCH3 is 1. The maximum Gasteiger partial charge on any atom is 0.279 e. The number of rotatable bonds is 7. The summed E-state index contributed by atoms with van der Waals surface area (Å²) in [5.41, 5.74) is 6.15. The van der Waals surface area contributed by atoms with Crippen molar-refractivity contribution in [2.24, 2.45) is 0 Å². The van der Waals surface area contributed by atoms with E-state index in [9.17, 15) is 9.59 Å². The smallest absolute Gasteiger partial charge is 0.279 e.